The topological polar surface area (TPSA) is 69.7 Å². The molecular weight excluding hydrogens is 416 g/mol. The Kier molecular flexibility index (Phi) is 4.81. The van der Waals surface area contributed by atoms with Crippen LogP contribution in [0.4, 0.5) is 0 Å². The van der Waals surface area contributed by atoms with Crippen molar-refractivity contribution >= 4 is 33.5 Å². The first-order valence-corrected chi connectivity index (χ1v) is 9.93. The highest BCUT2D eigenvalue weighted by Gasteiger charge is 2.14. The molecule has 0 fully saturated rings. The number of ether oxygens (including phenoxy) is 1. The van der Waals surface area contributed by atoms with E-state index in [2.05, 4.69) is 0 Å². The Hall–Kier alpha value is -3.83. The normalized spacial score (nSPS) is 11.1. The zero-order valence-corrected chi connectivity index (χ0v) is 16.9. The average molecular weight is 431 g/mol. The monoisotopic (exact) mass is 430 g/mol. The van der Waals surface area contributed by atoms with Crippen LogP contribution in [0.1, 0.15) is 5.56 Å². The molecule has 5 rings (SSSR count). The molecule has 0 saturated heterocycles. The molecule has 0 spiro atoms. The summed E-state index contributed by atoms with van der Waals surface area (Å²) in [6, 6.07) is 22.8. The molecule has 6 heteroatoms. The van der Waals surface area contributed by atoms with Gasteiger partial charge >= 0.3 is 11.3 Å². The van der Waals surface area contributed by atoms with Gasteiger partial charge in [0.05, 0.1) is 5.56 Å². The van der Waals surface area contributed by atoms with Crippen LogP contribution in [0.2, 0.25) is 5.02 Å². The lowest BCUT2D eigenvalue weighted by Crippen LogP contribution is -2.06. The van der Waals surface area contributed by atoms with Crippen molar-refractivity contribution in [3.8, 4) is 16.9 Å². The summed E-state index contributed by atoms with van der Waals surface area (Å²) in [5.74, 6) is 0.535. The lowest BCUT2D eigenvalue weighted by atomic mass is 10.0. The number of hydrogen-bond donors (Lipinski definition) is 0. The van der Waals surface area contributed by atoms with Gasteiger partial charge in [-0.1, -0.05) is 41.9 Å². The molecule has 31 heavy (non-hydrogen) atoms. The molecule has 0 N–H and O–H groups in total. The number of hydrogen-bond acceptors (Lipinski definition) is 5. The van der Waals surface area contributed by atoms with E-state index in [1.807, 2.05) is 24.3 Å². The smallest absolute Gasteiger partial charge is 0.344 e. The van der Waals surface area contributed by atoms with Crippen LogP contribution in [0.5, 0.6) is 5.75 Å². The highest BCUT2D eigenvalue weighted by molar-refractivity contribution is 6.30. The van der Waals surface area contributed by atoms with E-state index in [9.17, 15) is 9.59 Å². The van der Waals surface area contributed by atoms with Crippen molar-refractivity contribution in [2.45, 2.75) is 6.61 Å². The van der Waals surface area contributed by atoms with Gasteiger partial charge in [0.15, 0.2) is 0 Å². The summed E-state index contributed by atoms with van der Waals surface area (Å²) in [6.45, 7) is 0.334. The minimum absolute atomic E-state index is 0.298. The summed E-state index contributed by atoms with van der Waals surface area (Å²) in [5, 5.41) is 2.03. The second-order valence-electron chi connectivity index (χ2n) is 7.04. The highest BCUT2D eigenvalue weighted by atomic mass is 35.5. The standard InChI is InChI=1S/C25H15ClO5/c26-17-7-5-15(6-8-17)14-29-18-9-10-19-20(13-24(27)30-23(19)12-18)21-11-16-3-1-2-4-22(16)31-25(21)28/h1-13H,14H2. The van der Waals surface area contributed by atoms with Gasteiger partial charge in [-0.25, -0.2) is 9.59 Å². The number of para-hydroxylation sites is 1. The van der Waals surface area contributed by atoms with Crippen molar-refractivity contribution in [2.75, 3.05) is 0 Å². The molecule has 0 saturated carbocycles. The quantitative estimate of drug-likeness (QED) is 0.337. The van der Waals surface area contributed by atoms with Gasteiger partial charge in [0.25, 0.3) is 0 Å². The fraction of sp³-hybridized carbons (Fsp3) is 0.0400. The van der Waals surface area contributed by atoms with Crippen LogP contribution in [0.15, 0.2) is 97.3 Å². The van der Waals surface area contributed by atoms with E-state index in [4.69, 9.17) is 25.2 Å². The van der Waals surface area contributed by atoms with Gasteiger partial charge in [0, 0.05) is 33.5 Å². The Morgan fingerprint density at radius 2 is 1.58 bits per heavy atom. The number of halogens is 1. The Labute approximate surface area is 181 Å². The Morgan fingerprint density at radius 3 is 2.42 bits per heavy atom. The summed E-state index contributed by atoms with van der Waals surface area (Å²) in [4.78, 5) is 24.8. The molecule has 0 atom stereocenters. The van der Waals surface area contributed by atoms with Crippen LogP contribution >= 0.6 is 11.6 Å². The summed E-state index contributed by atoms with van der Waals surface area (Å²) < 4.78 is 16.6. The molecule has 5 aromatic rings. The second-order valence-corrected chi connectivity index (χ2v) is 7.47. The van der Waals surface area contributed by atoms with E-state index >= 15 is 0 Å². The molecule has 0 aliphatic carbocycles. The molecular formula is C25H15ClO5. The third-order valence-electron chi connectivity index (χ3n) is 4.97. The van der Waals surface area contributed by atoms with Crippen LogP contribution in [0.25, 0.3) is 33.1 Å². The van der Waals surface area contributed by atoms with Gasteiger partial charge in [-0.3, -0.25) is 0 Å². The predicted molar refractivity (Wildman–Crippen MR) is 120 cm³/mol. The fourth-order valence-electron chi connectivity index (χ4n) is 3.45. The third-order valence-corrected chi connectivity index (χ3v) is 5.22. The first-order valence-electron chi connectivity index (χ1n) is 9.55. The van der Waals surface area contributed by atoms with Gasteiger partial charge in [-0.2, -0.15) is 0 Å². The summed E-state index contributed by atoms with van der Waals surface area (Å²) >= 11 is 5.91. The van der Waals surface area contributed by atoms with E-state index < -0.39 is 11.3 Å². The van der Waals surface area contributed by atoms with Gasteiger partial charge < -0.3 is 13.6 Å². The molecule has 2 aromatic heterocycles. The van der Waals surface area contributed by atoms with Crippen molar-refractivity contribution in [2.24, 2.45) is 0 Å². The molecule has 0 radical (unpaired) electrons. The lowest BCUT2D eigenvalue weighted by molar-refractivity contribution is 0.306. The molecule has 0 aliphatic heterocycles. The second kappa shape index (κ2) is 7.78. The molecule has 0 bridgehead atoms. The zero-order chi connectivity index (χ0) is 21.4. The number of rotatable bonds is 4. The summed E-state index contributed by atoms with van der Waals surface area (Å²) in [5.41, 5.74) is 1.43. The summed E-state index contributed by atoms with van der Waals surface area (Å²) in [6.07, 6.45) is 0. The molecule has 0 unspecified atom stereocenters. The van der Waals surface area contributed by atoms with Crippen LogP contribution in [-0.2, 0) is 6.61 Å². The number of benzene rings is 3. The molecule has 0 amide bonds. The Balaban J connectivity index is 1.56. The first-order chi connectivity index (χ1) is 15.1. The van der Waals surface area contributed by atoms with E-state index in [0.29, 0.717) is 45.1 Å². The maximum Gasteiger partial charge on any atom is 0.344 e. The van der Waals surface area contributed by atoms with Crippen molar-refractivity contribution in [1.82, 2.24) is 0 Å². The summed E-state index contributed by atoms with van der Waals surface area (Å²) in [7, 11) is 0. The highest BCUT2D eigenvalue weighted by Crippen LogP contribution is 2.30. The number of fused-ring (bicyclic) bond motifs is 2. The Morgan fingerprint density at radius 1 is 0.774 bits per heavy atom. The van der Waals surface area contributed by atoms with Crippen molar-refractivity contribution in [1.29, 1.82) is 0 Å². The zero-order valence-electron chi connectivity index (χ0n) is 16.1. The van der Waals surface area contributed by atoms with E-state index in [1.54, 1.807) is 48.5 Å². The van der Waals surface area contributed by atoms with Crippen LogP contribution in [0.3, 0.4) is 0 Å². The molecule has 2 heterocycles. The third kappa shape index (κ3) is 3.83. The first kappa shape index (κ1) is 19.2. The molecule has 5 nitrogen and oxygen atoms in total. The van der Waals surface area contributed by atoms with E-state index in [1.165, 1.54) is 6.07 Å². The van der Waals surface area contributed by atoms with E-state index in [-0.39, 0.29) is 0 Å². The lowest BCUT2D eigenvalue weighted by Gasteiger charge is -2.09. The van der Waals surface area contributed by atoms with Crippen molar-refractivity contribution in [3.05, 3.63) is 110 Å². The Bertz CT molecular complexity index is 1530. The molecule has 3 aromatic carbocycles. The van der Waals surface area contributed by atoms with Crippen LogP contribution < -0.4 is 16.0 Å². The van der Waals surface area contributed by atoms with Gasteiger partial charge in [0.2, 0.25) is 0 Å². The van der Waals surface area contributed by atoms with Crippen LogP contribution in [-0.4, -0.2) is 0 Å². The van der Waals surface area contributed by atoms with Gasteiger partial charge in [0.1, 0.15) is 23.5 Å². The maximum absolute atomic E-state index is 12.6. The van der Waals surface area contributed by atoms with Gasteiger partial charge in [-0.15, -0.1) is 0 Å². The molecule has 0 aliphatic rings. The van der Waals surface area contributed by atoms with Crippen LogP contribution in [0, 0.1) is 0 Å². The minimum atomic E-state index is -0.565. The van der Waals surface area contributed by atoms with E-state index in [0.717, 1.165) is 10.9 Å². The minimum Gasteiger partial charge on any atom is -0.489 e. The van der Waals surface area contributed by atoms with Crippen molar-refractivity contribution in [3.63, 3.8) is 0 Å². The fourth-order valence-corrected chi connectivity index (χ4v) is 3.58. The maximum atomic E-state index is 12.6. The predicted octanol–water partition coefficient (Wildman–Crippen LogP) is 5.80. The van der Waals surface area contributed by atoms with Gasteiger partial charge in [-0.05, 0) is 42.0 Å². The average Bonchev–Trinajstić information content (AvgIpc) is 2.77. The SMILES string of the molecule is O=c1cc(-c2cc3ccccc3oc2=O)c2ccc(OCc3ccc(Cl)cc3)cc2o1. The molecule has 152 valence electrons. The largest absolute Gasteiger partial charge is 0.489 e. The van der Waals surface area contributed by atoms with Crippen molar-refractivity contribution < 1.29 is 13.6 Å².